The third kappa shape index (κ3) is 9.58. The second-order valence-corrected chi connectivity index (χ2v) is 14.8. The molecule has 1 amide bonds. The molecular weight excluding hydrogens is 647 g/mol. The number of hydrogen-bond donors (Lipinski definition) is 1. The molecule has 0 unspecified atom stereocenters. The molecule has 1 saturated heterocycles. The van der Waals surface area contributed by atoms with E-state index in [0.717, 1.165) is 22.8 Å². The number of nitrogens with zero attached hydrogens (tertiary/aromatic N) is 2. The number of esters is 1. The predicted octanol–water partition coefficient (Wildman–Crippen LogP) is 6.56. The SMILES string of the molecule is [C-]#[N+]C1(NC(=O)c2cc(OCc3ccccc3)cc(C(F)(F)F)c2)CCN(S(=O)(=O)CCc2ccc(C(=O)OC(C)(C)C)cc2C)CC1. The Morgan fingerprint density at radius 1 is 0.979 bits per heavy atom. The van der Waals surface area contributed by atoms with Crippen LogP contribution in [0.5, 0.6) is 5.75 Å². The molecular formula is C35H38F3N3O6S. The molecule has 0 radical (unpaired) electrons. The van der Waals surface area contributed by atoms with Crippen molar-refractivity contribution in [3.05, 3.63) is 112 Å². The van der Waals surface area contributed by atoms with E-state index in [4.69, 9.17) is 16.0 Å². The van der Waals surface area contributed by atoms with Crippen molar-refractivity contribution in [1.82, 2.24) is 9.62 Å². The van der Waals surface area contributed by atoms with Crippen molar-refractivity contribution in [2.45, 2.75) is 71.0 Å². The fraction of sp³-hybridized carbons (Fsp3) is 0.400. The number of halogens is 3. The molecule has 0 saturated carbocycles. The van der Waals surface area contributed by atoms with E-state index in [1.54, 1.807) is 76.2 Å². The zero-order valence-electron chi connectivity index (χ0n) is 27.2. The van der Waals surface area contributed by atoms with Crippen LogP contribution in [-0.4, -0.2) is 54.7 Å². The maximum Gasteiger partial charge on any atom is 0.416 e. The molecule has 0 bridgehead atoms. The lowest BCUT2D eigenvalue weighted by molar-refractivity contribution is -0.137. The third-order valence-electron chi connectivity index (χ3n) is 7.85. The molecule has 9 nitrogen and oxygen atoms in total. The van der Waals surface area contributed by atoms with Gasteiger partial charge in [0.2, 0.25) is 10.0 Å². The standard InChI is InChI=1S/C35H38F3N3O6S/c1-24-19-27(32(43)47-33(2,3)4)12-11-26(24)13-18-48(44,45)41-16-14-34(39-5,15-17-41)40-31(42)28-20-29(35(36,37)38)22-30(21-28)46-23-25-9-7-6-8-10-25/h6-12,19-22H,13-18,23H2,1-4H3,(H,40,42). The Kier molecular flexibility index (Phi) is 10.9. The van der Waals surface area contributed by atoms with Gasteiger partial charge in [0.15, 0.2) is 0 Å². The molecule has 4 rings (SSSR count). The van der Waals surface area contributed by atoms with Crippen molar-refractivity contribution >= 4 is 21.9 Å². The summed E-state index contributed by atoms with van der Waals surface area (Å²) in [5.41, 5.74) is -0.992. The van der Waals surface area contributed by atoms with Gasteiger partial charge in [0.05, 0.1) is 29.7 Å². The molecule has 0 atom stereocenters. The van der Waals surface area contributed by atoms with Crippen molar-refractivity contribution in [1.29, 1.82) is 0 Å². The first-order chi connectivity index (χ1) is 22.4. The van der Waals surface area contributed by atoms with Crippen LogP contribution in [-0.2, 0) is 34.0 Å². The van der Waals surface area contributed by atoms with Crippen LogP contribution < -0.4 is 10.1 Å². The second-order valence-electron chi connectivity index (χ2n) is 12.7. The summed E-state index contributed by atoms with van der Waals surface area (Å²) in [7, 11) is -3.76. The highest BCUT2D eigenvalue weighted by molar-refractivity contribution is 7.89. The van der Waals surface area contributed by atoms with Crippen molar-refractivity contribution < 1.29 is 40.7 Å². The van der Waals surface area contributed by atoms with Crippen molar-refractivity contribution in [3.8, 4) is 5.75 Å². The summed E-state index contributed by atoms with van der Waals surface area (Å²) in [4.78, 5) is 29.2. The molecule has 3 aromatic rings. The van der Waals surface area contributed by atoms with Crippen LogP contribution in [0.25, 0.3) is 4.85 Å². The summed E-state index contributed by atoms with van der Waals surface area (Å²) in [6, 6.07) is 16.5. The number of alkyl halides is 3. The minimum atomic E-state index is -4.75. The van der Waals surface area contributed by atoms with Gasteiger partial charge >= 0.3 is 17.8 Å². The zero-order chi connectivity index (χ0) is 35.3. The van der Waals surface area contributed by atoms with Crippen LogP contribution in [0.3, 0.4) is 0 Å². The van der Waals surface area contributed by atoms with Gasteiger partial charge in [-0.2, -0.15) is 13.2 Å². The fourth-order valence-corrected chi connectivity index (χ4v) is 6.68. The summed E-state index contributed by atoms with van der Waals surface area (Å²) < 4.78 is 79.8. The van der Waals surface area contributed by atoms with Crippen LogP contribution in [0.2, 0.25) is 0 Å². The van der Waals surface area contributed by atoms with Crippen LogP contribution in [0.4, 0.5) is 13.2 Å². The largest absolute Gasteiger partial charge is 0.489 e. The Morgan fingerprint density at radius 2 is 1.65 bits per heavy atom. The lowest BCUT2D eigenvalue weighted by atomic mass is 9.98. The quantitative estimate of drug-likeness (QED) is 0.192. The number of aryl methyl sites for hydroxylation is 2. The monoisotopic (exact) mass is 685 g/mol. The van der Waals surface area contributed by atoms with Crippen molar-refractivity contribution in [3.63, 3.8) is 0 Å². The number of piperidine rings is 1. The predicted molar refractivity (Wildman–Crippen MR) is 174 cm³/mol. The zero-order valence-corrected chi connectivity index (χ0v) is 28.0. The average Bonchev–Trinajstić information content (AvgIpc) is 3.02. The van der Waals surface area contributed by atoms with Gasteiger partial charge in [0.1, 0.15) is 18.0 Å². The van der Waals surface area contributed by atoms with E-state index in [0.29, 0.717) is 11.6 Å². The van der Waals surface area contributed by atoms with Crippen LogP contribution >= 0.6 is 0 Å². The maximum atomic E-state index is 13.7. The molecule has 1 fully saturated rings. The Balaban J connectivity index is 1.40. The Bertz CT molecular complexity index is 1790. The molecule has 1 heterocycles. The number of carbonyl (C=O) groups excluding carboxylic acids is 2. The molecule has 0 aromatic heterocycles. The highest BCUT2D eigenvalue weighted by Crippen LogP contribution is 2.34. The van der Waals surface area contributed by atoms with E-state index in [9.17, 15) is 31.2 Å². The number of nitrogens with one attached hydrogen (secondary N) is 1. The molecule has 3 aromatic carbocycles. The van der Waals surface area contributed by atoms with Gasteiger partial charge in [-0.15, -0.1) is 0 Å². The number of amides is 1. The topological polar surface area (TPSA) is 106 Å². The van der Waals surface area contributed by atoms with E-state index < -0.39 is 44.9 Å². The molecule has 0 spiro atoms. The van der Waals surface area contributed by atoms with Gasteiger partial charge in [-0.05, 0) is 81.1 Å². The minimum absolute atomic E-state index is 0.0174. The first-order valence-corrected chi connectivity index (χ1v) is 16.9. The molecule has 256 valence electrons. The number of benzene rings is 3. The summed E-state index contributed by atoms with van der Waals surface area (Å²) in [6.45, 7) is 14.7. The molecule has 13 heteroatoms. The fourth-order valence-electron chi connectivity index (χ4n) is 5.21. The summed E-state index contributed by atoms with van der Waals surface area (Å²) >= 11 is 0. The van der Waals surface area contributed by atoms with E-state index in [1.165, 1.54) is 10.4 Å². The second kappa shape index (κ2) is 14.4. The third-order valence-corrected chi connectivity index (χ3v) is 9.73. The van der Waals surface area contributed by atoms with Gasteiger partial charge in [-0.3, -0.25) is 15.0 Å². The molecule has 48 heavy (non-hydrogen) atoms. The molecule has 1 aliphatic rings. The lowest BCUT2D eigenvalue weighted by Crippen LogP contribution is -2.54. The van der Waals surface area contributed by atoms with Crippen LogP contribution in [0, 0.1) is 13.5 Å². The number of rotatable bonds is 10. The van der Waals surface area contributed by atoms with Crippen LogP contribution in [0.15, 0.2) is 66.7 Å². The highest BCUT2D eigenvalue weighted by atomic mass is 32.2. The normalized spacial score (nSPS) is 15.3. The smallest absolute Gasteiger partial charge is 0.416 e. The Labute approximate surface area is 278 Å². The number of sulfonamides is 1. The minimum Gasteiger partial charge on any atom is -0.489 e. The van der Waals surface area contributed by atoms with Crippen molar-refractivity contribution in [2.75, 3.05) is 18.8 Å². The lowest BCUT2D eigenvalue weighted by Gasteiger charge is -2.33. The number of carbonyl (C=O) groups is 2. The van der Waals surface area contributed by atoms with Gasteiger partial charge in [0.25, 0.3) is 5.91 Å². The summed E-state index contributed by atoms with van der Waals surface area (Å²) in [5.74, 6) is -1.75. The average molecular weight is 686 g/mol. The molecule has 1 N–H and O–H groups in total. The van der Waals surface area contributed by atoms with Crippen LogP contribution in [0.1, 0.15) is 76.6 Å². The number of hydrogen-bond acceptors (Lipinski definition) is 6. The van der Waals surface area contributed by atoms with E-state index in [1.807, 2.05) is 0 Å². The van der Waals surface area contributed by atoms with E-state index in [-0.39, 0.29) is 56.0 Å². The van der Waals surface area contributed by atoms with Gasteiger partial charge in [-0.25, -0.2) is 24.1 Å². The van der Waals surface area contributed by atoms with E-state index >= 15 is 0 Å². The number of ether oxygens (including phenoxy) is 2. The Morgan fingerprint density at radius 3 is 2.23 bits per heavy atom. The molecule has 1 aliphatic heterocycles. The Hall–Kier alpha value is -4.41. The van der Waals surface area contributed by atoms with Gasteiger partial charge in [-0.1, -0.05) is 36.4 Å². The van der Waals surface area contributed by atoms with Gasteiger partial charge in [0, 0.05) is 18.7 Å². The summed E-state index contributed by atoms with van der Waals surface area (Å²) in [6.07, 6.45) is -4.67. The maximum absolute atomic E-state index is 13.7. The highest BCUT2D eigenvalue weighted by Gasteiger charge is 2.45. The summed E-state index contributed by atoms with van der Waals surface area (Å²) in [5, 5.41) is 2.57. The van der Waals surface area contributed by atoms with E-state index in [2.05, 4.69) is 10.2 Å². The molecule has 0 aliphatic carbocycles. The van der Waals surface area contributed by atoms with Crippen molar-refractivity contribution in [2.24, 2.45) is 0 Å². The first-order valence-electron chi connectivity index (χ1n) is 15.3. The first kappa shape index (κ1) is 36.4. The van der Waals surface area contributed by atoms with Gasteiger partial charge < -0.3 is 9.47 Å².